The lowest BCUT2D eigenvalue weighted by molar-refractivity contribution is -0.152. The van der Waals surface area contributed by atoms with Gasteiger partial charge in [0.1, 0.15) is 11.8 Å². The normalized spacial score (nSPS) is 24.9. The molecule has 1 fully saturated rings. The van der Waals surface area contributed by atoms with Crippen LogP contribution in [0.5, 0.6) is 0 Å². The molecule has 1 aliphatic rings. The Morgan fingerprint density at radius 2 is 1.04 bits per heavy atom. The first-order valence-corrected chi connectivity index (χ1v) is 8.39. The fourth-order valence-corrected chi connectivity index (χ4v) is 3.89. The van der Waals surface area contributed by atoms with E-state index in [-0.39, 0.29) is 0 Å². The third kappa shape index (κ3) is 3.01. The lowest BCUT2D eigenvalue weighted by Crippen LogP contribution is -2.29. The van der Waals surface area contributed by atoms with Crippen LogP contribution in [0.25, 0.3) is 0 Å². The molecule has 4 unspecified atom stereocenters. The van der Waals surface area contributed by atoms with Gasteiger partial charge in [0, 0.05) is 11.8 Å². The Kier molecular flexibility index (Phi) is 5.16. The number of ketones is 1. The SMILES string of the molecule is COC(=O)C1C(=O)C(C(=O)OC)C(c2ccccc2)C1c1ccccc1. The van der Waals surface area contributed by atoms with Crippen molar-refractivity contribution in [2.45, 2.75) is 11.8 Å². The van der Waals surface area contributed by atoms with Gasteiger partial charge in [0.15, 0.2) is 5.78 Å². The molecule has 2 aromatic carbocycles. The number of carbonyl (C=O) groups excluding carboxylic acids is 3. The molecule has 0 aliphatic heterocycles. The molecular formula is C21H20O5. The van der Waals surface area contributed by atoms with Crippen LogP contribution in [0, 0.1) is 11.8 Å². The molecule has 0 saturated heterocycles. The van der Waals surface area contributed by atoms with Crippen molar-refractivity contribution in [3.05, 3.63) is 71.8 Å². The Morgan fingerprint density at radius 3 is 1.35 bits per heavy atom. The average molecular weight is 352 g/mol. The molecule has 5 heteroatoms. The Morgan fingerprint density at radius 1 is 0.692 bits per heavy atom. The number of hydrogen-bond donors (Lipinski definition) is 0. The van der Waals surface area contributed by atoms with Crippen LogP contribution in [-0.4, -0.2) is 31.9 Å². The van der Waals surface area contributed by atoms with Gasteiger partial charge in [0.2, 0.25) is 0 Å². The highest BCUT2D eigenvalue weighted by atomic mass is 16.5. The van der Waals surface area contributed by atoms with Crippen molar-refractivity contribution in [1.82, 2.24) is 0 Å². The Bertz CT molecular complexity index is 732. The largest absolute Gasteiger partial charge is 0.468 e. The molecule has 3 rings (SSSR count). The molecule has 26 heavy (non-hydrogen) atoms. The fraction of sp³-hybridized carbons (Fsp3) is 0.286. The summed E-state index contributed by atoms with van der Waals surface area (Å²) in [5.74, 6) is -4.79. The van der Waals surface area contributed by atoms with Crippen molar-refractivity contribution in [3.63, 3.8) is 0 Å². The maximum Gasteiger partial charge on any atom is 0.316 e. The molecule has 0 radical (unpaired) electrons. The number of Topliss-reactive ketones (excluding diaryl/α,β-unsaturated/α-hetero) is 1. The lowest BCUT2D eigenvalue weighted by atomic mass is 9.77. The van der Waals surface area contributed by atoms with Crippen LogP contribution >= 0.6 is 0 Å². The van der Waals surface area contributed by atoms with Gasteiger partial charge in [0.25, 0.3) is 0 Å². The van der Waals surface area contributed by atoms with Crippen LogP contribution in [0.3, 0.4) is 0 Å². The zero-order valence-electron chi connectivity index (χ0n) is 14.6. The van der Waals surface area contributed by atoms with Crippen LogP contribution in [-0.2, 0) is 23.9 Å². The van der Waals surface area contributed by atoms with Crippen LogP contribution in [0.15, 0.2) is 60.7 Å². The van der Waals surface area contributed by atoms with Gasteiger partial charge in [-0.1, -0.05) is 60.7 Å². The number of carbonyl (C=O) groups is 3. The van der Waals surface area contributed by atoms with E-state index < -0.39 is 41.4 Å². The molecule has 0 N–H and O–H groups in total. The minimum Gasteiger partial charge on any atom is -0.468 e. The van der Waals surface area contributed by atoms with Crippen molar-refractivity contribution in [3.8, 4) is 0 Å². The minimum absolute atomic E-state index is 0.452. The highest BCUT2D eigenvalue weighted by Gasteiger charge is 2.57. The molecule has 5 nitrogen and oxygen atoms in total. The van der Waals surface area contributed by atoms with Gasteiger partial charge in [-0.25, -0.2) is 0 Å². The second kappa shape index (κ2) is 7.52. The van der Waals surface area contributed by atoms with E-state index in [4.69, 9.17) is 9.47 Å². The van der Waals surface area contributed by atoms with Crippen LogP contribution < -0.4 is 0 Å². The second-order valence-corrected chi connectivity index (χ2v) is 6.28. The predicted molar refractivity (Wildman–Crippen MR) is 94.4 cm³/mol. The van der Waals surface area contributed by atoms with Crippen molar-refractivity contribution in [2.24, 2.45) is 11.8 Å². The molecular weight excluding hydrogens is 332 g/mol. The Balaban J connectivity index is 2.20. The maximum atomic E-state index is 13.1. The van der Waals surface area contributed by atoms with Crippen LogP contribution in [0.2, 0.25) is 0 Å². The molecule has 0 aromatic heterocycles. The monoisotopic (exact) mass is 352 g/mol. The van der Waals surface area contributed by atoms with E-state index in [0.29, 0.717) is 0 Å². The Hall–Kier alpha value is -2.95. The fourth-order valence-electron chi connectivity index (χ4n) is 3.89. The number of rotatable bonds is 4. The summed E-state index contributed by atoms with van der Waals surface area (Å²) in [4.78, 5) is 38.0. The predicted octanol–water partition coefficient (Wildman–Crippen LogP) is 2.72. The average Bonchev–Trinajstić information content (AvgIpc) is 3.01. The summed E-state index contributed by atoms with van der Waals surface area (Å²) in [6.07, 6.45) is 0. The van der Waals surface area contributed by atoms with E-state index in [1.165, 1.54) is 14.2 Å². The number of hydrogen-bond acceptors (Lipinski definition) is 5. The van der Waals surface area contributed by atoms with Crippen LogP contribution in [0.4, 0.5) is 0 Å². The van der Waals surface area contributed by atoms with E-state index >= 15 is 0 Å². The standard InChI is InChI=1S/C21H20O5/c1-25-20(23)17-15(13-9-5-3-6-10-13)16(14-11-7-4-8-12-14)18(19(17)22)21(24)26-2/h3-12,15-18H,1-2H3. The molecule has 1 saturated carbocycles. The van der Waals surface area contributed by atoms with E-state index in [9.17, 15) is 14.4 Å². The van der Waals surface area contributed by atoms with Gasteiger partial charge >= 0.3 is 11.9 Å². The van der Waals surface area contributed by atoms with Crippen molar-refractivity contribution in [1.29, 1.82) is 0 Å². The van der Waals surface area contributed by atoms with Crippen LogP contribution in [0.1, 0.15) is 23.0 Å². The summed E-state index contributed by atoms with van der Waals surface area (Å²) in [5.41, 5.74) is 1.63. The number of ether oxygens (including phenoxy) is 2. The molecule has 0 bridgehead atoms. The summed E-state index contributed by atoms with van der Waals surface area (Å²) < 4.78 is 9.78. The van der Waals surface area contributed by atoms with Gasteiger partial charge < -0.3 is 9.47 Å². The zero-order valence-corrected chi connectivity index (χ0v) is 14.6. The van der Waals surface area contributed by atoms with Gasteiger partial charge in [-0.3, -0.25) is 14.4 Å². The summed E-state index contributed by atoms with van der Waals surface area (Å²) in [7, 11) is 2.50. The second-order valence-electron chi connectivity index (χ2n) is 6.28. The van der Waals surface area contributed by atoms with Gasteiger partial charge in [-0.2, -0.15) is 0 Å². The highest BCUT2D eigenvalue weighted by molar-refractivity contribution is 6.12. The molecule has 4 atom stereocenters. The third-order valence-electron chi connectivity index (χ3n) is 5.00. The molecule has 134 valence electrons. The third-order valence-corrected chi connectivity index (χ3v) is 5.00. The summed E-state index contributed by atoms with van der Waals surface area (Å²) in [6, 6.07) is 18.6. The first-order valence-electron chi connectivity index (χ1n) is 8.39. The van der Waals surface area contributed by atoms with Gasteiger partial charge in [-0.05, 0) is 11.1 Å². The maximum absolute atomic E-state index is 13.1. The quantitative estimate of drug-likeness (QED) is 0.625. The number of methoxy groups -OCH3 is 2. The number of esters is 2. The van der Waals surface area contributed by atoms with Crippen molar-refractivity contribution in [2.75, 3.05) is 14.2 Å². The summed E-state index contributed by atoms with van der Waals surface area (Å²) >= 11 is 0. The smallest absolute Gasteiger partial charge is 0.316 e. The molecule has 2 aromatic rings. The van der Waals surface area contributed by atoms with E-state index in [2.05, 4.69) is 0 Å². The van der Waals surface area contributed by atoms with Crippen molar-refractivity contribution < 1.29 is 23.9 Å². The first-order chi connectivity index (χ1) is 12.6. The van der Waals surface area contributed by atoms with Crippen molar-refractivity contribution >= 4 is 17.7 Å². The van der Waals surface area contributed by atoms with E-state index in [1.807, 2.05) is 60.7 Å². The minimum atomic E-state index is -1.04. The molecule has 0 spiro atoms. The molecule has 1 aliphatic carbocycles. The van der Waals surface area contributed by atoms with E-state index in [1.54, 1.807) is 0 Å². The summed E-state index contributed by atoms with van der Waals surface area (Å²) in [5, 5.41) is 0. The molecule has 0 amide bonds. The lowest BCUT2D eigenvalue weighted by Gasteiger charge is -2.25. The number of benzene rings is 2. The highest BCUT2D eigenvalue weighted by Crippen LogP contribution is 2.51. The topological polar surface area (TPSA) is 69.7 Å². The molecule has 0 heterocycles. The Labute approximate surface area is 151 Å². The zero-order chi connectivity index (χ0) is 18.7. The van der Waals surface area contributed by atoms with E-state index in [0.717, 1.165) is 11.1 Å². The van der Waals surface area contributed by atoms with Gasteiger partial charge in [0.05, 0.1) is 14.2 Å². The van der Waals surface area contributed by atoms with Gasteiger partial charge in [-0.15, -0.1) is 0 Å². The first kappa shape index (κ1) is 17.9. The summed E-state index contributed by atoms with van der Waals surface area (Å²) in [6.45, 7) is 0.